The molecule has 0 saturated carbocycles. The predicted octanol–water partition coefficient (Wildman–Crippen LogP) is 0.527. The van der Waals surface area contributed by atoms with Gasteiger partial charge in [-0.15, -0.1) is 0 Å². The molecule has 0 bridgehead atoms. The second kappa shape index (κ2) is 6.51. The van der Waals surface area contributed by atoms with E-state index in [-0.39, 0.29) is 5.95 Å². The maximum atomic E-state index is 5.77. The number of hydrogen-bond donors (Lipinski definition) is 1. The summed E-state index contributed by atoms with van der Waals surface area (Å²) >= 11 is 0. The van der Waals surface area contributed by atoms with E-state index in [0.29, 0.717) is 25.1 Å². The van der Waals surface area contributed by atoms with Crippen LogP contribution in [0.15, 0.2) is 0 Å². The van der Waals surface area contributed by atoms with Crippen molar-refractivity contribution in [2.75, 3.05) is 55.4 Å². The topological polar surface area (TPSA) is 80.4 Å². The Morgan fingerprint density at radius 3 is 2.68 bits per heavy atom. The number of rotatable bonds is 6. The van der Waals surface area contributed by atoms with Gasteiger partial charge < -0.3 is 20.3 Å². The fraction of sp³-hybridized carbons (Fsp3) is 0.750. The van der Waals surface area contributed by atoms with Crippen molar-refractivity contribution >= 4 is 17.8 Å². The Morgan fingerprint density at radius 1 is 1.26 bits per heavy atom. The van der Waals surface area contributed by atoms with Crippen LogP contribution < -0.4 is 15.5 Å². The SMILES string of the molecule is CCOCCN(C)c1nc(N)nc(N2CCCC2)n1. The van der Waals surface area contributed by atoms with Crippen LogP contribution in [0.3, 0.4) is 0 Å². The van der Waals surface area contributed by atoms with E-state index in [4.69, 9.17) is 10.5 Å². The lowest BCUT2D eigenvalue weighted by Gasteiger charge is -2.20. The van der Waals surface area contributed by atoms with Crippen LogP contribution in [0, 0.1) is 0 Å². The summed E-state index contributed by atoms with van der Waals surface area (Å²) in [6.45, 7) is 6.06. The molecule has 19 heavy (non-hydrogen) atoms. The number of nitrogen functional groups attached to an aromatic ring is 1. The molecule has 0 radical (unpaired) electrons. The minimum atomic E-state index is 0.273. The standard InChI is InChI=1S/C12H22N6O/c1-3-19-9-8-17(2)11-14-10(13)15-12(16-11)18-6-4-5-7-18/h3-9H2,1-2H3,(H2,13,14,15,16). The van der Waals surface area contributed by atoms with Gasteiger partial charge >= 0.3 is 0 Å². The molecule has 2 rings (SSSR count). The molecule has 1 fully saturated rings. The highest BCUT2D eigenvalue weighted by molar-refractivity contribution is 5.43. The molecule has 0 atom stereocenters. The van der Waals surface area contributed by atoms with Gasteiger partial charge in [-0.05, 0) is 19.8 Å². The molecule has 2 N–H and O–H groups in total. The van der Waals surface area contributed by atoms with Gasteiger partial charge in [0, 0.05) is 33.3 Å². The van der Waals surface area contributed by atoms with Gasteiger partial charge in [-0.2, -0.15) is 15.0 Å². The number of hydrogen-bond acceptors (Lipinski definition) is 7. The van der Waals surface area contributed by atoms with E-state index in [1.807, 2.05) is 18.9 Å². The Bertz CT molecular complexity index is 407. The molecule has 0 amide bonds. The Balaban J connectivity index is 2.07. The van der Waals surface area contributed by atoms with E-state index in [1.165, 1.54) is 12.8 Å². The summed E-state index contributed by atoms with van der Waals surface area (Å²) < 4.78 is 5.33. The predicted molar refractivity (Wildman–Crippen MR) is 75.4 cm³/mol. The number of aromatic nitrogens is 3. The summed E-state index contributed by atoms with van der Waals surface area (Å²) in [5.41, 5.74) is 5.77. The van der Waals surface area contributed by atoms with Crippen molar-refractivity contribution in [3.8, 4) is 0 Å². The maximum Gasteiger partial charge on any atom is 0.231 e. The van der Waals surface area contributed by atoms with Gasteiger partial charge in [-0.3, -0.25) is 0 Å². The smallest absolute Gasteiger partial charge is 0.231 e. The molecule has 0 aliphatic carbocycles. The first kappa shape index (κ1) is 13.8. The average Bonchev–Trinajstić information content (AvgIpc) is 2.92. The fourth-order valence-corrected chi connectivity index (χ4v) is 2.04. The number of nitrogens with two attached hydrogens (primary N) is 1. The van der Waals surface area contributed by atoms with Crippen LogP contribution in [-0.4, -0.2) is 54.8 Å². The van der Waals surface area contributed by atoms with E-state index >= 15 is 0 Å². The van der Waals surface area contributed by atoms with Crippen LogP contribution in [0.25, 0.3) is 0 Å². The lowest BCUT2D eigenvalue weighted by molar-refractivity contribution is 0.154. The van der Waals surface area contributed by atoms with Crippen LogP contribution in [0.4, 0.5) is 17.8 Å². The highest BCUT2D eigenvalue weighted by Gasteiger charge is 2.17. The van der Waals surface area contributed by atoms with E-state index in [0.717, 1.165) is 19.6 Å². The molecule has 2 heterocycles. The largest absolute Gasteiger partial charge is 0.380 e. The number of likely N-dealkylation sites (N-methyl/N-ethyl adjacent to an activating group) is 1. The molecule has 7 heteroatoms. The molecule has 1 saturated heterocycles. The van der Waals surface area contributed by atoms with Crippen LogP contribution >= 0.6 is 0 Å². The summed E-state index contributed by atoms with van der Waals surface area (Å²) in [6, 6.07) is 0. The average molecular weight is 266 g/mol. The number of nitrogens with zero attached hydrogens (tertiary/aromatic N) is 5. The van der Waals surface area contributed by atoms with Gasteiger partial charge in [-0.1, -0.05) is 0 Å². The van der Waals surface area contributed by atoms with Gasteiger partial charge in [0.05, 0.1) is 6.61 Å². The van der Waals surface area contributed by atoms with Gasteiger partial charge in [0.2, 0.25) is 17.8 Å². The third-order valence-electron chi connectivity index (χ3n) is 3.13. The third-order valence-corrected chi connectivity index (χ3v) is 3.13. The highest BCUT2D eigenvalue weighted by atomic mass is 16.5. The molecule has 0 aromatic carbocycles. The van der Waals surface area contributed by atoms with Gasteiger partial charge in [0.15, 0.2) is 0 Å². The third kappa shape index (κ3) is 3.66. The molecule has 1 aromatic rings. The first-order valence-electron chi connectivity index (χ1n) is 6.76. The van der Waals surface area contributed by atoms with Crippen molar-refractivity contribution < 1.29 is 4.74 Å². The number of anilines is 3. The van der Waals surface area contributed by atoms with Gasteiger partial charge in [0.1, 0.15) is 0 Å². The molecular weight excluding hydrogens is 244 g/mol. The van der Waals surface area contributed by atoms with Crippen molar-refractivity contribution in [2.45, 2.75) is 19.8 Å². The molecule has 1 aliphatic heterocycles. The van der Waals surface area contributed by atoms with Crippen molar-refractivity contribution in [3.63, 3.8) is 0 Å². The summed E-state index contributed by atoms with van der Waals surface area (Å²) in [7, 11) is 1.93. The maximum absolute atomic E-state index is 5.77. The van der Waals surface area contributed by atoms with Crippen molar-refractivity contribution in [3.05, 3.63) is 0 Å². The first-order chi connectivity index (χ1) is 9.20. The Morgan fingerprint density at radius 2 is 2.00 bits per heavy atom. The zero-order valence-electron chi connectivity index (χ0n) is 11.7. The first-order valence-corrected chi connectivity index (χ1v) is 6.76. The molecule has 1 aliphatic rings. The second-order valence-corrected chi connectivity index (χ2v) is 4.61. The van der Waals surface area contributed by atoms with E-state index < -0.39 is 0 Å². The zero-order valence-corrected chi connectivity index (χ0v) is 11.7. The summed E-state index contributed by atoms with van der Waals surface area (Å²) in [5, 5.41) is 0. The van der Waals surface area contributed by atoms with E-state index in [1.54, 1.807) is 0 Å². The van der Waals surface area contributed by atoms with Crippen molar-refractivity contribution in [1.29, 1.82) is 0 Å². The summed E-state index contributed by atoms with van der Waals surface area (Å²) in [6.07, 6.45) is 2.36. The normalized spacial score (nSPS) is 14.9. The summed E-state index contributed by atoms with van der Waals surface area (Å²) in [4.78, 5) is 17.0. The molecule has 0 spiro atoms. The molecule has 7 nitrogen and oxygen atoms in total. The quantitative estimate of drug-likeness (QED) is 0.752. The molecular formula is C12H22N6O. The van der Waals surface area contributed by atoms with Crippen LogP contribution in [0.5, 0.6) is 0 Å². The lowest BCUT2D eigenvalue weighted by Crippen LogP contribution is -2.27. The Kier molecular flexibility index (Phi) is 4.73. The van der Waals surface area contributed by atoms with E-state index in [2.05, 4.69) is 19.9 Å². The molecule has 1 aromatic heterocycles. The van der Waals surface area contributed by atoms with Crippen LogP contribution in [0.1, 0.15) is 19.8 Å². The van der Waals surface area contributed by atoms with E-state index in [9.17, 15) is 0 Å². The van der Waals surface area contributed by atoms with Gasteiger partial charge in [-0.25, -0.2) is 0 Å². The summed E-state index contributed by atoms with van der Waals surface area (Å²) in [5.74, 6) is 1.56. The monoisotopic (exact) mass is 266 g/mol. The number of ether oxygens (including phenoxy) is 1. The highest BCUT2D eigenvalue weighted by Crippen LogP contribution is 2.18. The van der Waals surface area contributed by atoms with Gasteiger partial charge in [0.25, 0.3) is 0 Å². The van der Waals surface area contributed by atoms with Crippen molar-refractivity contribution in [1.82, 2.24) is 15.0 Å². The Hall–Kier alpha value is -1.63. The lowest BCUT2D eigenvalue weighted by atomic mass is 10.4. The minimum absolute atomic E-state index is 0.273. The van der Waals surface area contributed by atoms with Crippen LogP contribution in [-0.2, 0) is 4.74 Å². The molecule has 0 unspecified atom stereocenters. The second-order valence-electron chi connectivity index (χ2n) is 4.61. The fourth-order valence-electron chi connectivity index (χ4n) is 2.04. The molecule has 106 valence electrons. The zero-order chi connectivity index (χ0) is 13.7. The Labute approximate surface area is 113 Å². The minimum Gasteiger partial charge on any atom is -0.380 e. The van der Waals surface area contributed by atoms with Crippen LogP contribution in [0.2, 0.25) is 0 Å². The van der Waals surface area contributed by atoms with Crippen molar-refractivity contribution in [2.24, 2.45) is 0 Å².